The van der Waals surface area contributed by atoms with E-state index in [0.29, 0.717) is 31.8 Å². The second-order valence-electron chi connectivity index (χ2n) is 5.91. The van der Waals surface area contributed by atoms with Crippen molar-refractivity contribution in [3.05, 3.63) is 66.2 Å². The summed E-state index contributed by atoms with van der Waals surface area (Å²) in [7, 11) is 0. The van der Waals surface area contributed by atoms with Gasteiger partial charge in [-0.15, -0.1) is 0 Å². The highest BCUT2D eigenvalue weighted by molar-refractivity contribution is 5.79. The van der Waals surface area contributed by atoms with Crippen molar-refractivity contribution in [2.24, 2.45) is 5.92 Å². The van der Waals surface area contributed by atoms with E-state index in [9.17, 15) is 9.59 Å². The van der Waals surface area contributed by atoms with Crippen molar-refractivity contribution in [2.45, 2.75) is 13.0 Å². The molecule has 0 aliphatic carbocycles. The fourth-order valence-electron chi connectivity index (χ4n) is 2.81. The number of nitrogens with zero attached hydrogens (tertiary/aromatic N) is 1. The minimum atomic E-state index is -0.491. The number of rotatable bonds is 5. The maximum Gasteiger partial charge on any atom is 0.412 e. The van der Waals surface area contributed by atoms with E-state index < -0.39 is 6.09 Å². The maximum atomic E-state index is 12.1. The van der Waals surface area contributed by atoms with Crippen LogP contribution in [0.25, 0.3) is 0 Å². The van der Waals surface area contributed by atoms with Crippen molar-refractivity contribution in [1.82, 2.24) is 10.2 Å². The van der Waals surface area contributed by atoms with Gasteiger partial charge in [0.1, 0.15) is 5.75 Å². The van der Waals surface area contributed by atoms with Crippen LogP contribution < -0.4 is 10.1 Å². The Morgan fingerprint density at radius 1 is 1.08 bits per heavy atom. The number of likely N-dealkylation sites (tertiary alicyclic amines) is 1. The van der Waals surface area contributed by atoms with Gasteiger partial charge in [-0.2, -0.15) is 0 Å². The molecule has 1 heterocycles. The van der Waals surface area contributed by atoms with Crippen molar-refractivity contribution >= 4 is 12.0 Å². The topological polar surface area (TPSA) is 58.6 Å². The van der Waals surface area contributed by atoms with Crippen LogP contribution in [-0.4, -0.2) is 30.0 Å². The van der Waals surface area contributed by atoms with Gasteiger partial charge in [0.25, 0.3) is 0 Å². The third-order valence-electron chi connectivity index (χ3n) is 4.00. The fourth-order valence-corrected chi connectivity index (χ4v) is 2.81. The van der Waals surface area contributed by atoms with Crippen LogP contribution >= 0.6 is 0 Å². The number of hydrogen-bond donors (Lipinski definition) is 1. The van der Waals surface area contributed by atoms with Gasteiger partial charge in [-0.05, 0) is 17.7 Å². The number of carbonyl (C=O) groups is 2. The lowest BCUT2D eigenvalue weighted by atomic mass is 10.1. The Balaban J connectivity index is 1.45. The minimum Gasteiger partial charge on any atom is -0.410 e. The summed E-state index contributed by atoms with van der Waals surface area (Å²) in [6.45, 7) is 1.70. The lowest BCUT2D eigenvalue weighted by Crippen LogP contribution is -2.33. The molecule has 0 aromatic heterocycles. The number of ether oxygens (including phenoxy) is 1. The molecule has 1 unspecified atom stereocenters. The van der Waals surface area contributed by atoms with Crippen molar-refractivity contribution in [2.75, 3.05) is 13.1 Å². The number of benzene rings is 2. The second kappa shape index (κ2) is 7.64. The molecule has 1 aliphatic heterocycles. The number of nitrogens with one attached hydrogen (secondary N) is 1. The van der Waals surface area contributed by atoms with Crippen molar-refractivity contribution in [3.63, 3.8) is 0 Å². The largest absolute Gasteiger partial charge is 0.412 e. The molecule has 124 valence electrons. The third-order valence-corrected chi connectivity index (χ3v) is 4.00. The highest BCUT2D eigenvalue weighted by atomic mass is 16.6. The number of carbonyl (C=O) groups excluding carboxylic acids is 2. The average molecular weight is 324 g/mol. The molecule has 1 atom stereocenters. The SMILES string of the molecule is O=C(NCC1CC(=O)N(Cc2ccccc2)C1)Oc1ccccc1. The van der Waals surface area contributed by atoms with Gasteiger partial charge < -0.3 is 15.0 Å². The summed E-state index contributed by atoms with van der Waals surface area (Å²) in [6, 6.07) is 18.8. The molecular formula is C19H20N2O3. The Kier molecular flexibility index (Phi) is 5.11. The highest BCUT2D eigenvalue weighted by Crippen LogP contribution is 2.19. The van der Waals surface area contributed by atoms with E-state index >= 15 is 0 Å². The van der Waals surface area contributed by atoms with Crippen LogP contribution in [0.5, 0.6) is 5.75 Å². The summed E-state index contributed by atoms with van der Waals surface area (Å²) < 4.78 is 5.17. The summed E-state index contributed by atoms with van der Waals surface area (Å²) in [5.74, 6) is 0.745. The van der Waals surface area contributed by atoms with Gasteiger partial charge in [0.2, 0.25) is 5.91 Å². The van der Waals surface area contributed by atoms with Crippen LogP contribution in [0, 0.1) is 5.92 Å². The molecule has 0 bridgehead atoms. The van der Waals surface area contributed by atoms with Crippen LogP contribution in [0.3, 0.4) is 0 Å². The Morgan fingerprint density at radius 2 is 1.75 bits per heavy atom. The Morgan fingerprint density at radius 3 is 2.46 bits per heavy atom. The predicted molar refractivity (Wildman–Crippen MR) is 90.4 cm³/mol. The van der Waals surface area contributed by atoms with E-state index in [1.165, 1.54) is 0 Å². The lowest BCUT2D eigenvalue weighted by Gasteiger charge is -2.17. The molecule has 2 aromatic carbocycles. The number of para-hydroxylation sites is 1. The summed E-state index contributed by atoms with van der Waals surface area (Å²) in [6.07, 6.45) is -0.0338. The summed E-state index contributed by atoms with van der Waals surface area (Å²) in [4.78, 5) is 25.7. The quantitative estimate of drug-likeness (QED) is 0.920. The summed E-state index contributed by atoms with van der Waals surface area (Å²) in [5.41, 5.74) is 1.11. The molecular weight excluding hydrogens is 304 g/mol. The first kappa shape index (κ1) is 16.1. The van der Waals surface area contributed by atoms with Crippen LogP contribution in [0.4, 0.5) is 4.79 Å². The van der Waals surface area contributed by atoms with Crippen molar-refractivity contribution in [1.29, 1.82) is 0 Å². The van der Waals surface area contributed by atoms with Crippen LogP contribution in [0.2, 0.25) is 0 Å². The van der Waals surface area contributed by atoms with Crippen LogP contribution in [-0.2, 0) is 11.3 Å². The second-order valence-corrected chi connectivity index (χ2v) is 5.91. The zero-order valence-electron chi connectivity index (χ0n) is 13.4. The van der Waals surface area contributed by atoms with E-state index in [0.717, 1.165) is 5.56 Å². The molecule has 0 spiro atoms. The molecule has 5 nitrogen and oxygen atoms in total. The standard InChI is InChI=1S/C19H20N2O3/c22-18-11-16(14-21(18)13-15-7-3-1-4-8-15)12-20-19(23)24-17-9-5-2-6-10-17/h1-10,16H,11-14H2,(H,20,23). The van der Waals surface area contributed by atoms with E-state index in [1.807, 2.05) is 41.3 Å². The minimum absolute atomic E-state index is 0.115. The summed E-state index contributed by atoms with van der Waals surface area (Å²) >= 11 is 0. The number of amides is 2. The Bertz CT molecular complexity index is 688. The van der Waals surface area contributed by atoms with E-state index in [2.05, 4.69) is 5.32 Å². The van der Waals surface area contributed by atoms with Gasteiger partial charge in [0.15, 0.2) is 0 Å². The molecule has 1 aliphatic rings. The highest BCUT2D eigenvalue weighted by Gasteiger charge is 2.29. The third kappa shape index (κ3) is 4.35. The average Bonchev–Trinajstić information content (AvgIpc) is 2.95. The van der Waals surface area contributed by atoms with Crippen LogP contribution in [0.1, 0.15) is 12.0 Å². The van der Waals surface area contributed by atoms with Gasteiger partial charge in [0, 0.05) is 32.0 Å². The smallest absolute Gasteiger partial charge is 0.410 e. The van der Waals surface area contributed by atoms with Crippen LogP contribution in [0.15, 0.2) is 60.7 Å². The van der Waals surface area contributed by atoms with Crippen molar-refractivity contribution < 1.29 is 14.3 Å². The van der Waals surface area contributed by atoms with Gasteiger partial charge in [-0.3, -0.25) is 4.79 Å². The van der Waals surface area contributed by atoms with E-state index in [4.69, 9.17) is 4.74 Å². The molecule has 1 saturated heterocycles. The Hall–Kier alpha value is -2.82. The molecule has 24 heavy (non-hydrogen) atoms. The maximum absolute atomic E-state index is 12.1. The molecule has 2 amide bonds. The fraction of sp³-hybridized carbons (Fsp3) is 0.263. The molecule has 1 N–H and O–H groups in total. The molecule has 5 heteroatoms. The molecule has 3 rings (SSSR count). The lowest BCUT2D eigenvalue weighted by molar-refractivity contribution is -0.128. The molecule has 0 radical (unpaired) electrons. The zero-order chi connectivity index (χ0) is 16.8. The van der Waals surface area contributed by atoms with E-state index in [1.54, 1.807) is 24.3 Å². The monoisotopic (exact) mass is 324 g/mol. The van der Waals surface area contributed by atoms with Gasteiger partial charge in [0.05, 0.1) is 0 Å². The van der Waals surface area contributed by atoms with Gasteiger partial charge >= 0.3 is 6.09 Å². The summed E-state index contributed by atoms with van der Waals surface area (Å²) in [5, 5.41) is 2.74. The molecule has 2 aromatic rings. The van der Waals surface area contributed by atoms with Crippen molar-refractivity contribution in [3.8, 4) is 5.75 Å². The first-order chi connectivity index (χ1) is 11.7. The van der Waals surface area contributed by atoms with Gasteiger partial charge in [-0.1, -0.05) is 48.5 Å². The zero-order valence-corrected chi connectivity index (χ0v) is 13.4. The molecule has 1 fully saturated rings. The molecule has 0 saturated carbocycles. The normalized spacial score (nSPS) is 16.9. The number of hydrogen-bond acceptors (Lipinski definition) is 3. The van der Waals surface area contributed by atoms with Gasteiger partial charge in [-0.25, -0.2) is 4.79 Å². The first-order valence-corrected chi connectivity index (χ1v) is 8.03. The van der Waals surface area contributed by atoms with E-state index in [-0.39, 0.29) is 11.8 Å². The Labute approximate surface area is 141 Å². The predicted octanol–water partition coefficient (Wildman–Crippen LogP) is 2.82. The first-order valence-electron chi connectivity index (χ1n) is 8.03.